The molecule has 0 atom stereocenters. The Kier molecular flexibility index (Phi) is 5.47. The zero-order valence-electron chi connectivity index (χ0n) is 14.6. The van der Waals surface area contributed by atoms with E-state index in [0.29, 0.717) is 0 Å². The number of benzene rings is 1. The first-order chi connectivity index (χ1) is 12.6. The highest BCUT2D eigenvalue weighted by Gasteiger charge is 2.25. The predicted molar refractivity (Wildman–Crippen MR) is 98.0 cm³/mol. The van der Waals surface area contributed by atoms with Crippen LogP contribution in [0, 0.1) is 10.1 Å². The standard InChI is InChI=1S/C17H22N6O3/c1-26-14-4-2-12(3-5-14)10-22-8-6-13(7-9-22)21-17-15(23(24)25)16(18)19-11-20-17/h2-5,11,13H,6-10H2,1H3,(H3,18,19,20,21). The third kappa shape index (κ3) is 4.17. The van der Waals surface area contributed by atoms with Crippen molar-refractivity contribution in [2.75, 3.05) is 31.2 Å². The monoisotopic (exact) mass is 358 g/mol. The molecule has 1 aliphatic rings. The largest absolute Gasteiger partial charge is 0.497 e. The van der Waals surface area contributed by atoms with Gasteiger partial charge in [0, 0.05) is 25.7 Å². The molecule has 0 radical (unpaired) electrons. The summed E-state index contributed by atoms with van der Waals surface area (Å²) in [5.41, 5.74) is 6.58. The van der Waals surface area contributed by atoms with Gasteiger partial charge in [-0.05, 0) is 30.5 Å². The summed E-state index contributed by atoms with van der Waals surface area (Å²) in [7, 11) is 1.66. The maximum absolute atomic E-state index is 11.2. The number of aromatic nitrogens is 2. The van der Waals surface area contributed by atoms with E-state index in [-0.39, 0.29) is 23.4 Å². The normalized spacial score (nSPS) is 15.6. The number of rotatable bonds is 6. The number of piperidine rings is 1. The number of methoxy groups -OCH3 is 1. The Labute approximate surface area is 151 Å². The second-order valence-electron chi connectivity index (χ2n) is 6.26. The van der Waals surface area contributed by atoms with Crippen LogP contribution in [-0.4, -0.2) is 46.0 Å². The fourth-order valence-corrected chi connectivity index (χ4v) is 3.10. The van der Waals surface area contributed by atoms with E-state index in [9.17, 15) is 10.1 Å². The van der Waals surface area contributed by atoms with Crippen molar-refractivity contribution in [1.29, 1.82) is 0 Å². The Morgan fingerprint density at radius 2 is 2.00 bits per heavy atom. The highest BCUT2D eigenvalue weighted by Crippen LogP contribution is 2.28. The molecule has 9 nitrogen and oxygen atoms in total. The number of ether oxygens (including phenoxy) is 1. The molecule has 0 saturated carbocycles. The minimum atomic E-state index is -0.545. The summed E-state index contributed by atoms with van der Waals surface area (Å²) in [6.45, 7) is 2.67. The van der Waals surface area contributed by atoms with Gasteiger partial charge in [-0.3, -0.25) is 15.0 Å². The smallest absolute Gasteiger partial charge is 0.352 e. The number of hydrogen-bond donors (Lipinski definition) is 2. The minimum Gasteiger partial charge on any atom is -0.497 e. The average molecular weight is 358 g/mol. The summed E-state index contributed by atoms with van der Waals surface area (Å²) in [5.74, 6) is 0.919. The van der Waals surface area contributed by atoms with Gasteiger partial charge in [-0.2, -0.15) is 0 Å². The zero-order chi connectivity index (χ0) is 18.5. The molecule has 0 amide bonds. The molecule has 3 N–H and O–H groups in total. The van der Waals surface area contributed by atoms with E-state index in [0.717, 1.165) is 38.2 Å². The fraction of sp³-hybridized carbons (Fsp3) is 0.412. The van der Waals surface area contributed by atoms with Crippen LogP contribution in [-0.2, 0) is 6.54 Å². The van der Waals surface area contributed by atoms with Gasteiger partial charge in [0.2, 0.25) is 11.6 Å². The van der Waals surface area contributed by atoms with Gasteiger partial charge >= 0.3 is 5.69 Å². The number of nitrogens with one attached hydrogen (secondary N) is 1. The van der Waals surface area contributed by atoms with Gasteiger partial charge in [-0.25, -0.2) is 9.97 Å². The third-order valence-electron chi connectivity index (χ3n) is 4.53. The zero-order valence-corrected chi connectivity index (χ0v) is 14.6. The molecule has 1 aromatic heterocycles. The van der Waals surface area contributed by atoms with E-state index in [1.807, 2.05) is 12.1 Å². The molecule has 3 rings (SSSR count). The topological polar surface area (TPSA) is 119 Å². The minimum absolute atomic E-state index is 0.120. The summed E-state index contributed by atoms with van der Waals surface area (Å²) in [5, 5.41) is 14.3. The lowest BCUT2D eigenvalue weighted by Crippen LogP contribution is -2.38. The Bertz CT molecular complexity index is 760. The van der Waals surface area contributed by atoms with Crippen LogP contribution in [0.1, 0.15) is 18.4 Å². The van der Waals surface area contributed by atoms with Crippen LogP contribution in [0.25, 0.3) is 0 Å². The molecule has 9 heteroatoms. The summed E-state index contributed by atoms with van der Waals surface area (Å²) < 4.78 is 5.18. The van der Waals surface area contributed by atoms with Crippen LogP contribution in [0.4, 0.5) is 17.3 Å². The van der Waals surface area contributed by atoms with Crippen LogP contribution >= 0.6 is 0 Å². The van der Waals surface area contributed by atoms with Crippen molar-refractivity contribution < 1.29 is 9.66 Å². The van der Waals surface area contributed by atoms with E-state index < -0.39 is 4.92 Å². The maximum atomic E-state index is 11.2. The molecular formula is C17H22N6O3. The van der Waals surface area contributed by atoms with E-state index in [1.54, 1.807) is 7.11 Å². The van der Waals surface area contributed by atoms with Gasteiger partial charge < -0.3 is 15.8 Å². The number of hydrogen-bond acceptors (Lipinski definition) is 8. The number of nitrogens with zero attached hydrogens (tertiary/aromatic N) is 4. The predicted octanol–water partition coefficient (Wildman–Crippen LogP) is 2.05. The van der Waals surface area contributed by atoms with Crippen molar-refractivity contribution in [1.82, 2.24) is 14.9 Å². The molecule has 0 spiro atoms. The number of likely N-dealkylation sites (tertiary alicyclic amines) is 1. The fourth-order valence-electron chi connectivity index (χ4n) is 3.10. The van der Waals surface area contributed by atoms with Gasteiger partial charge in [0.25, 0.3) is 0 Å². The number of anilines is 2. The molecule has 138 valence electrons. The lowest BCUT2D eigenvalue weighted by molar-refractivity contribution is -0.383. The van der Waals surface area contributed by atoms with Crippen LogP contribution < -0.4 is 15.8 Å². The van der Waals surface area contributed by atoms with Crippen LogP contribution in [0.3, 0.4) is 0 Å². The summed E-state index contributed by atoms with van der Waals surface area (Å²) in [4.78, 5) is 20.7. The first kappa shape index (κ1) is 17.9. The molecular weight excluding hydrogens is 336 g/mol. The first-order valence-corrected chi connectivity index (χ1v) is 8.43. The lowest BCUT2D eigenvalue weighted by Gasteiger charge is -2.32. The molecule has 1 aromatic carbocycles. The average Bonchev–Trinajstić information content (AvgIpc) is 2.64. The number of nitrogens with two attached hydrogens (primary N) is 1. The summed E-state index contributed by atoms with van der Waals surface area (Å²) in [6, 6.07) is 8.17. The Morgan fingerprint density at radius 3 is 2.62 bits per heavy atom. The van der Waals surface area contributed by atoms with Gasteiger partial charge in [-0.15, -0.1) is 0 Å². The first-order valence-electron chi connectivity index (χ1n) is 8.43. The third-order valence-corrected chi connectivity index (χ3v) is 4.53. The quantitative estimate of drug-likeness (QED) is 0.595. The second kappa shape index (κ2) is 7.96. The molecule has 0 aliphatic carbocycles. The molecule has 1 aliphatic heterocycles. The molecule has 1 saturated heterocycles. The van der Waals surface area contributed by atoms with Crippen molar-refractivity contribution in [2.24, 2.45) is 0 Å². The lowest BCUT2D eigenvalue weighted by atomic mass is 10.0. The molecule has 2 heterocycles. The second-order valence-corrected chi connectivity index (χ2v) is 6.26. The van der Waals surface area contributed by atoms with Gasteiger partial charge in [0.1, 0.15) is 12.1 Å². The maximum Gasteiger partial charge on any atom is 0.352 e. The van der Waals surface area contributed by atoms with Crippen molar-refractivity contribution in [3.63, 3.8) is 0 Å². The van der Waals surface area contributed by atoms with E-state index >= 15 is 0 Å². The number of nitrogen functional groups attached to an aromatic ring is 1. The summed E-state index contributed by atoms with van der Waals surface area (Å²) in [6.07, 6.45) is 2.98. The van der Waals surface area contributed by atoms with E-state index in [2.05, 4.69) is 32.3 Å². The van der Waals surface area contributed by atoms with Crippen molar-refractivity contribution in [2.45, 2.75) is 25.4 Å². The molecule has 0 unspecified atom stereocenters. The highest BCUT2D eigenvalue weighted by molar-refractivity contribution is 5.67. The highest BCUT2D eigenvalue weighted by atomic mass is 16.6. The van der Waals surface area contributed by atoms with Crippen molar-refractivity contribution in [3.8, 4) is 5.75 Å². The summed E-state index contributed by atoms with van der Waals surface area (Å²) >= 11 is 0. The Morgan fingerprint density at radius 1 is 1.31 bits per heavy atom. The van der Waals surface area contributed by atoms with E-state index in [1.165, 1.54) is 11.9 Å². The van der Waals surface area contributed by atoms with Crippen molar-refractivity contribution >= 4 is 17.3 Å². The Balaban J connectivity index is 1.55. The molecule has 26 heavy (non-hydrogen) atoms. The molecule has 2 aromatic rings. The van der Waals surface area contributed by atoms with Gasteiger partial charge in [-0.1, -0.05) is 12.1 Å². The number of nitro groups is 1. The van der Waals surface area contributed by atoms with Crippen LogP contribution in [0.2, 0.25) is 0 Å². The van der Waals surface area contributed by atoms with Gasteiger partial charge in [0.05, 0.1) is 12.0 Å². The van der Waals surface area contributed by atoms with Crippen LogP contribution in [0.15, 0.2) is 30.6 Å². The van der Waals surface area contributed by atoms with Gasteiger partial charge in [0.15, 0.2) is 0 Å². The van der Waals surface area contributed by atoms with E-state index in [4.69, 9.17) is 10.5 Å². The molecule has 1 fully saturated rings. The SMILES string of the molecule is COc1ccc(CN2CCC(Nc3ncnc(N)c3[N+](=O)[O-])CC2)cc1. The Hall–Kier alpha value is -2.94. The van der Waals surface area contributed by atoms with Crippen molar-refractivity contribution in [3.05, 3.63) is 46.3 Å². The molecule has 0 bridgehead atoms. The van der Waals surface area contributed by atoms with Crippen LogP contribution in [0.5, 0.6) is 5.75 Å².